The van der Waals surface area contributed by atoms with Crippen LogP contribution in [0, 0.1) is 27.7 Å². The number of methoxy groups -OCH3 is 1. The third-order valence-electron chi connectivity index (χ3n) is 5.98. The van der Waals surface area contributed by atoms with Gasteiger partial charge in [-0.25, -0.2) is 0 Å². The molecule has 0 saturated heterocycles. The van der Waals surface area contributed by atoms with E-state index in [-0.39, 0.29) is 18.3 Å². The van der Waals surface area contributed by atoms with Gasteiger partial charge < -0.3 is 24.4 Å². The fraction of sp³-hybridized carbons (Fsp3) is 0.538. The summed E-state index contributed by atoms with van der Waals surface area (Å²) < 4.78 is 17.3. The number of hydrogen-bond acceptors (Lipinski definition) is 6. The number of ether oxygens (including phenoxy) is 3. The Bertz CT molecular complexity index is 930. The molecule has 0 heterocycles. The Hall–Kier alpha value is -2.15. The van der Waals surface area contributed by atoms with E-state index in [9.17, 15) is 10.2 Å². The largest absolute Gasteiger partial charge is 0.508 e. The maximum Gasteiger partial charge on any atom is 0.127 e. The molecular formula is C26H40ClNO5. The van der Waals surface area contributed by atoms with Gasteiger partial charge in [-0.1, -0.05) is 13.8 Å². The summed E-state index contributed by atoms with van der Waals surface area (Å²) in [5, 5.41) is 20.6. The van der Waals surface area contributed by atoms with E-state index in [0.717, 1.165) is 44.9 Å². The molecule has 0 atom stereocenters. The second-order valence-corrected chi connectivity index (χ2v) is 8.79. The zero-order valence-electron chi connectivity index (χ0n) is 21.2. The van der Waals surface area contributed by atoms with E-state index in [0.29, 0.717) is 44.4 Å². The first kappa shape index (κ1) is 28.9. The van der Waals surface area contributed by atoms with Gasteiger partial charge in [0, 0.05) is 31.3 Å². The highest BCUT2D eigenvalue weighted by Gasteiger charge is 2.20. The lowest BCUT2D eigenvalue weighted by Crippen LogP contribution is -2.25. The number of aromatic hydroxyl groups is 2. The van der Waals surface area contributed by atoms with Gasteiger partial charge >= 0.3 is 0 Å². The number of phenolic OH excluding ortho intramolecular Hbond substituents is 2. The Balaban J connectivity index is 0.00000544. The average molecular weight is 482 g/mol. The zero-order valence-corrected chi connectivity index (χ0v) is 22.1. The number of aryl methyl sites for hydroxylation is 1. The molecule has 0 aromatic heterocycles. The van der Waals surface area contributed by atoms with Crippen LogP contribution in [0.5, 0.6) is 23.0 Å². The van der Waals surface area contributed by atoms with E-state index >= 15 is 0 Å². The summed E-state index contributed by atoms with van der Waals surface area (Å²) in [6.45, 7) is 14.7. The number of halogens is 1. The molecule has 0 amide bonds. The van der Waals surface area contributed by atoms with Crippen LogP contribution in [0.25, 0.3) is 0 Å². The molecule has 7 heteroatoms. The Labute approximate surface area is 204 Å². The standard InChI is InChI=1S/C26H39NO5.ClH/c1-16(2)21-14-23(28)17(3)13-24(21)31-10-9-27(7)15-22-20(6)25(29)18(4)19(5)26(22)32-12-11-30-8;/h13-14,16,28-29H,9-12,15H2,1-8H3;1H. The predicted molar refractivity (Wildman–Crippen MR) is 136 cm³/mol. The molecule has 6 nitrogen and oxygen atoms in total. The lowest BCUT2D eigenvalue weighted by atomic mass is 9.97. The lowest BCUT2D eigenvalue weighted by molar-refractivity contribution is 0.144. The van der Waals surface area contributed by atoms with Crippen molar-refractivity contribution in [2.45, 2.75) is 54.0 Å². The zero-order chi connectivity index (χ0) is 24.0. The Morgan fingerprint density at radius 1 is 0.909 bits per heavy atom. The fourth-order valence-electron chi connectivity index (χ4n) is 3.70. The highest BCUT2D eigenvalue weighted by atomic mass is 35.5. The maximum absolute atomic E-state index is 10.6. The van der Waals surface area contributed by atoms with E-state index in [1.54, 1.807) is 13.2 Å². The number of likely N-dealkylation sites (N-methyl/N-ethyl adjacent to an activating group) is 1. The molecule has 0 spiro atoms. The van der Waals surface area contributed by atoms with Crippen LogP contribution < -0.4 is 9.47 Å². The topological polar surface area (TPSA) is 71.4 Å². The molecule has 186 valence electrons. The van der Waals surface area contributed by atoms with Crippen molar-refractivity contribution in [1.29, 1.82) is 0 Å². The monoisotopic (exact) mass is 481 g/mol. The summed E-state index contributed by atoms with van der Waals surface area (Å²) in [4.78, 5) is 2.15. The fourth-order valence-corrected chi connectivity index (χ4v) is 3.70. The number of hydrogen-bond donors (Lipinski definition) is 2. The van der Waals surface area contributed by atoms with Gasteiger partial charge in [0.15, 0.2) is 0 Å². The maximum atomic E-state index is 10.6. The lowest BCUT2D eigenvalue weighted by Gasteiger charge is -2.24. The van der Waals surface area contributed by atoms with Gasteiger partial charge in [0.05, 0.1) is 6.61 Å². The van der Waals surface area contributed by atoms with Crippen molar-refractivity contribution in [2.24, 2.45) is 0 Å². The molecule has 2 N–H and O–H groups in total. The van der Waals surface area contributed by atoms with Crippen LogP contribution in [-0.2, 0) is 11.3 Å². The minimum atomic E-state index is 0. The van der Waals surface area contributed by atoms with Crippen LogP contribution in [0.4, 0.5) is 0 Å². The van der Waals surface area contributed by atoms with E-state index < -0.39 is 0 Å². The molecule has 0 aliphatic rings. The van der Waals surface area contributed by atoms with Crippen molar-refractivity contribution < 1.29 is 24.4 Å². The Kier molecular flexibility index (Phi) is 11.3. The molecule has 33 heavy (non-hydrogen) atoms. The number of benzene rings is 2. The molecule has 0 aliphatic heterocycles. The van der Waals surface area contributed by atoms with Crippen molar-refractivity contribution in [2.75, 3.05) is 40.5 Å². The van der Waals surface area contributed by atoms with Crippen LogP contribution in [0.2, 0.25) is 0 Å². The number of phenols is 2. The second kappa shape index (κ2) is 12.9. The van der Waals surface area contributed by atoms with Crippen LogP contribution in [0.15, 0.2) is 12.1 Å². The minimum absolute atomic E-state index is 0. The van der Waals surface area contributed by atoms with Gasteiger partial charge in [0.1, 0.15) is 36.2 Å². The van der Waals surface area contributed by atoms with Crippen molar-refractivity contribution in [3.8, 4) is 23.0 Å². The molecular weight excluding hydrogens is 442 g/mol. The Morgan fingerprint density at radius 2 is 1.58 bits per heavy atom. The Morgan fingerprint density at radius 3 is 2.18 bits per heavy atom. The van der Waals surface area contributed by atoms with Crippen LogP contribution in [-0.4, -0.2) is 55.6 Å². The van der Waals surface area contributed by atoms with Gasteiger partial charge in [-0.15, -0.1) is 12.4 Å². The summed E-state index contributed by atoms with van der Waals surface area (Å²) in [6.07, 6.45) is 0. The van der Waals surface area contributed by atoms with Crippen LogP contribution in [0.1, 0.15) is 53.1 Å². The van der Waals surface area contributed by atoms with E-state index in [1.165, 1.54) is 0 Å². The van der Waals surface area contributed by atoms with Gasteiger partial charge in [-0.05, 0) is 75.0 Å². The molecule has 2 rings (SSSR count). The van der Waals surface area contributed by atoms with E-state index in [2.05, 4.69) is 18.7 Å². The molecule has 0 radical (unpaired) electrons. The third kappa shape index (κ3) is 7.16. The average Bonchev–Trinajstić information content (AvgIpc) is 2.74. The summed E-state index contributed by atoms with van der Waals surface area (Å²) in [5.74, 6) is 2.50. The first-order chi connectivity index (χ1) is 15.1. The molecule has 0 bridgehead atoms. The highest BCUT2D eigenvalue weighted by molar-refractivity contribution is 5.85. The molecule has 0 saturated carbocycles. The summed E-state index contributed by atoms with van der Waals surface area (Å²) in [5.41, 5.74) is 5.41. The predicted octanol–water partition coefficient (Wildman–Crippen LogP) is 5.41. The quantitative estimate of drug-likeness (QED) is 0.418. The number of nitrogens with zero attached hydrogens (tertiary/aromatic N) is 1. The highest BCUT2D eigenvalue weighted by Crippen LogP contribution is 2.38. The molecule has 0 fully saturated rings. The van der Waals surface area contributed by atoms with Crippen molar-refractivity contribution in [3.63, 3.8) is 0 Å². The summed E-state index contributed by atoms with van der Waals surface area (Å²) in [6, 6.07) is 3.70. The van der Waals surface area contributed by atoms with Crippen LogP contribution >= 0.6 is 12.4 Å². The summed E-state index contributed by atoms with van der Waals surface area (Å²) >= 11 is 0. The first-order valence-electron chi connectivity index (χ1n) is 11.2. The summed E-state index contributed by atoms with van der Waals surface area (Å²) in [7, 11) is 3.68. The van der Waals surface area contributed by atoms with Crippen molar-refractivity contribution >= 4 is 12.4 Å². The van der Waals surface area contributed by atoms with E-state index in [1.807, 2.05) is 40.8 Å². The first-order valence-corrected chi connectivity index (χ1v) is 11.2. The van der Waals surface area contributed by atoms with Crippen LogP contribution in [0.3, 0.4) is 0 Å². The van der Waals surface area contributed by atoms with Crippen molar-refractivity contribution in [1.82, 2.24) is 4.90 Å². The smallest absolute Gasteiger partial charge is 0.127 e. The van der Waals surface area contributed by atoms with Gasteiger partial charge in [0.25, 0.3) is 0 Å². The minimum Gasteiger partial charge on any atom is -0.508 e. The molecule has 0 aliphatic carbocycles. The van der Waals surface area contributed by atoms with E-state index in [4.69, 9.17) is 14.2 Å². The second-order valence-electron chi connectivity index (χ2n) is 8.79. The molecule has 2 aromatic rings. The molecule has 2 aromatic carbocycles. The van der Waals surface area contributed by atoms with Gasteiger partial charge in [-0.2, -0.15) is 0 Å². The molecule has 0 unspecified atom stereocenters. The van der Waals surface area contributed by atoms with Crippen molar-refractivity contribution in [3.05, 3.63) is 45.5 Å². The van der Waals surface area contributed by atoms with Gasteiger partial charge in [-0.3, -0.25) is 4.90 Å². The SMILES string of the molecule is COCCOc1c(C)c(C)c(O)c(C)c1CN(C)CCOc1cc(C)c(O)cc1C(C)C.Cl. The normalized spacial score (nSPS) is 11.1. The third-order valence-corrected chi connectivity index (χ3v) is 5.98. The number of rotatable bonds is 11. The van der Waals surface area contributed by atoms with Gasteiger partial charge in [0.2, 0.25) is 0 Å².